The predicted molar refractivity (Wildman–Crippen MR) is 115 cm³/mol. The molecule has 0 spiro atoms. The zero-order valence-electron chi connectivity index (χ0n) is 17.6. The van der Waals surface area contributed by atoms with Crippen molar-refractivity contribution in [1.82, 2.24) is 15.6 Å². The molecular formula is C21H29N5O5. The monoisotopic (exact) mass is 431 g/mol. The number of aromatic amines is 1. The van der Waals surface area contributed by atoms with E-state index in [9.17, 15) is 24.3 Å². The molecule has 4 atom stereocenters. The van der Waals surface area contributed by atoms with Gasteiger partial charge in [0, 0.05) is 17.1 Å². The molecular weight excluding hydrogens is 402 g/mol. The number of nitrogens with two attached hydrogens (primary N) is 2. The molecule has 10 heteroatoms. The van der Waals surface area contributed by atoms with Gasteiger partial charge < -0.3 is 32.2 Å². The molecule has 2 rings (SSSR count). The van der Waals surface area contributed by atoms with E-state index in [0.29, 0.717) is 6.42 Å². The summed E-state index contributed by atoms with van der Waals surface area (Å²) in [5.41, 5.74) is 12.9. The summed E-state index contributed by atoms with van der Waals surface area (Å²) in [6, 6.07) is 4.21. The Balaban J connectivity index is 2.09. The van der Waals surface area contributed by atoms with Gasteiger partial charge in [0.2, 0.25) is 17.7 Å². The molecule has 0 aliphatic rings. The zero-order valence-corrected chi connectivity index (χ0v) is 17.6. The van der Waals surface area contributed by atoms with Crippen LogP contribution in [0.1, 0.15) is 32.3 Å². The molecule has 8 N–H and O–H groups in total. The van der Waals surface area contributed by atoms with Gasteiger partial charge in [0.05, 0.1) is 12.5 Å². The Bertz CT molecular complexity index is 957. The van der Waals surface area contributed by atoms with Gasteiger partial charge in [0.15, 0.2) is 0 Å². The Morgan fingerprint density at radius 1 is 1.13 bits per heavy atom. The van der Waals surface area contributed by atoms with Crippen LogP contribution in [0.15, 0.2) is 30.5 Å². The van der Waals surface area contributed by atoms with Gasteiger partial charge in [-0.15, -0.1) is 0 Å². The summed E-state index contributed by atoms with van der Waals surface area (Å²) >= 11 is 0. The molecule has 10 nitrogen and oxygen atoms in total. The molecule has 0 radical (unpaired) electrons. The molecule has 3 amide bonds. The lowest BCUT2D eigenvalue weighted by Gasteiger charge is -2.26. The van der Waals surface area contributed by atoms with Gasteiger partial charge in [-0.2, -0.15) is 0 Å². The minimum absolute atomic E-state index is 0.254. The lowest BCUT2D eigenvalue weighted by molar-refractivity contribution is -0.144. The van der Waals surface area contributed by atoms with E-state index in [1.165, 1.54) is 0 Å². The summed E-state index contributed by atoms with van der Waals surface area (Å²) < 4.78 is 0. The fraction of sp³-hybridized carbons (Fsp3) is 0.429. The molecule has 31 heavy (non-hydrogen) atoms. The fourth-order valence-electron chi connectivity index (χ4n) is 3.26. The molecule has 2 aromatic rings. The van der Waals surface area contributed by atoms with Gasteiger partial charge in [-0.05, 0) is 24.0 Å². The van der Waals surface area contributed by atoms with Crippen molar-refractivity contribution in [2.24, 2.45) is 17.4 Å². The van der Waals surface area contributed by atoms with Gasteiger partial charge >= 0.3 is 5.97 Å². The quantitative estimate of drug-likeness (QED) is 0.291. The Morgan fingerprint density at radius 3 is 2.42 bits per heavy atom. The van der Waals surface area contributed by atoms with Crippen LogP contribution in [0.2, 0.25) is 0 Å². The van der Waals surface area contributed by atoms with Crippen molar-refractivity contribution in [1.29, 1.82) is 0 Å². The van der Waals surface area contributed by atoms with Crippen LogP contribution in [-0.4, -0.2) is 51.9 Å². The molecule has 1 heterocycles. The highest BCUT2D eigenvalue weighted by atomic mass is 16.4. The summed E-state index contributed by atoms with van der Waals surface area (Å²) in [6.45, 7) is 3.58. The molecule has 0 bridgehead atoms. The third kappa shape index (κ3) is 6.29. The second-order valence-corrected chi connectivity index (χ2v) is 7.61. The number of carbonyl (C=O) groups excluding carboxylic acids is 3. The minimum Gasteiger partial charge on any atom is -0.480 e. The average Bonchev–Trinajstić information content (AvgIpc) is 3.13. The van der Waals surface area contributed by atoms with E-state index in [-0.39, 0.29) is 12.3 Å². The number of para-hydroxylation sites is 1. The van der Waals surface area contributed by atoms with Crippen molar-refractivity contribution in [3.63, 3.8) is 0 Å². The number of primary amides is 1. The van der Waals surface area contributed by atoms with E-state index in [1.54, 1.807) is 13.1 Å². The molecule has 1 aromatic heterocycles. The number of fused-ring (bicyclic) bond motifs is 1. The summed E-state index contributed by atoms with van der Waals surface area (Å²) in [5.74, 6) is -3.80. The van der Waals surface area contributed by atoms with Crippen molar-refractivity contribution in [2.45, 2.75) is 51.2 Å². The highest BCUT2D eigenvalue weighted by molar-refractivity contribution is 5.93. The standard InChI is InChI=1S/C21H29N5O5/c1-3-11(2)18(20(29)25-16(21(30)31)9-17(23)27)26-19(28)14(22)8-12-10-24-15-7-5-4-6-13(12)15/h4-7,10-11,14,16,18,24H,3,8-9,22H2,1-2H3,(H2,23,27)(H,25,29)(H,26,28)(H,30,31)/t11-,14-,16-,18-/m0/s1. The molecule has 1 aromatic carbocycles. The fourth-order valence-corrected chi connectivity index (χ4v) is 3.26. The van der Waals surface area contributed by atoms with Crippen LogP contribution in [0, 0.1) is 5.92 Å². The maximum absolute atomic E-state index is 12.7. The minimum atomic E-state index is -1.48. The number of H-pyrrole nitrogens is 1. The normalized spacial score (nSPS) is 14.9. The van der Waals surface area contributed by atoms with Crippen LogP contribution in [0.5, 0.6) is 0 Å². The number of carboxylic acid groups (broad SMARTS) is 1. The van der Waals surface area contributed by atoms with E-state index in [2.05, 4.69) is 15.6 Å². The molecule has 0 fully saturated rings. The first kappa shape index (κ1) is 23.9. The number of benzene rings is 1. The molecule has 0 saturated heterocycles. The van der Waals surface area contributed by atoms with Gasteiger partial charge in [-0.1, -0.05) is 38.5 Å². The first-order valence-electron chi connectivity index (χ1n) is 10.1. The summed E-state index contributed by atoms with van der Waals surface area (Å²) in [6.07, 6.45) is 2.04. The van der Waals surface area contributed by atoms with Gasteiger partial charge in [0.1, 0.15) is 12.1 Å². The topological polar surface area (TPSA) is 180 Å². The molecule has 0 saturated carbocycles. The van der Waals surface area contributed by atoms with Crippen molar-refractivity contribution in [2.75, 3.05) is 0 Å². The number of amides is 3. The van der Waals surface area contributed by atoms with Crippen LogP contribution in [0.4, 0.5) is 0 Å². The summed E-state index contributed by atoms with van der Waals surface area (Å²) in [4.78, 5) is 50.9. The maximum atomic E-state index is 12.7. The van der Waals surface area contributed by atoms with Crippen LogP contribution in [0.25, 0.3) is 10.9 Å². The number of aromatic nitrogens is 1. The van der Waals surface area contributed by atoms with Gasteiger partial charge in [-0.3, -0.25) is 14.4 Å². The molecule has 0 aliphatic carbocycles. The van der Waals surface area contributed by atoms with E-state index >= 15 is 0 Å². The lowest BCUT2D eigenvalue weighted by Crippen LogP contribution is -2.57. The van der Waals surface area contributed by atoms with Gasteiger partial charge in [-0.25, -0.2) is 4.79 Å². The molecule has 0 unspecified atom stereocenters. The number of rotatable bonds is 11. The smallest absolute Gasteiger partial charge is 0.326 e. The maximum Gasteiger partial charge on any atom is 0.326 e. The first-order valence-corrected chi connectivity index (χ1v) is 10.1. The summed E-state index contributed by atoms with van der Waals surface area (Å²) in [7, 11) is 0. The summed E-state index contributed by atoms with van der Waals surface area (Å²) in [5, 5.41) is 15.1. The number of hydrogen-bond acceptors (Lipinski definition) is 5. The van der Waals surface area contributed by atoms with Crippen LogP contribution in [0.3, 0.4) is 0 Å². The Morgan fingerprint density at radius 2 is 1.81 bits per heavy atom. The number of aliphatic carboxylic acids is 1. The lowest BCUT2D eigenvalue weighted by atomic mass is 9.96. The van der Waals surface area contributed by atoms with Crippen molar-refractivity contribution in [3.05, 3.63) is 36.0 Å². The van der Waals surface area contributed by atoms with Crippen LogP contribution in [-0.2, 0) is 25.6 Å². The van der Waals surface area contributed by atoms with Crippen molar-refractivity contribution in [3.8, 4) is 0 Å². The highest BCUT2D eigenvalue weighted by Gasteiger charge is 2.31. The molecule has 168 valence electrons. The SMILES string of the molecule is CC[C@H](C)[C@H](NC(=O)[C@@H](N)Cc1c[nH]c2ccccc12)C(=O)N[C@@H](CC(N)=O)C(=O)O. The Hall–Kier alpha value is -3.40. The Labute approximate surface area is 179 Å². The Kier molecular flexibility index (Phi) is 8.14. The first-order chi connectivity index (χ1) is 14.6. The van der Waals surface area contributed by atoms with Crippen molar-refractivity contribution < 1.29 is 24.3 Å². The van der Waals surface area contributed by atoms with E-state index in [4.69, 9.17) is 11.5 Å². The highest BCUT2D eigenvalue weighted by Crippen LogP contribution is 2.19. The number of carboxylic acids is 1. The molecule has 0 aliphatic heterocycles. The van der Waals surface area contributed by atoms with E-state index in [1.807, 2.05) is 31.2 Å². The van der Waals surface area contributed by atoms with E-state index in [0.717, 1.165) is 16.5 Å². The second-order valence-electron chi connectivity index (χ2n) is 7.61. The predicted octanol–water partition coefficient (Wildman–Crippen LogP) is 0.0134. The van der Waals surface area contributed by atoms with E-state index < -0.39 is 48.2 Å². The second kappa shape index (κ2) is 10.6. The van der Waals surface area contributed by atoms with Crippen molar-refractivity contribution >= 4 is 34.6 Å². The number of carbonyl (C=O) groups is 4. The van der Waals surface area contributed by atoms with Gasteiger partial charge in [0.25, 0.3) is 0 Å². The van der Waals surface area contributed by atoms with Crippen LogP contribution < -0.4 is 22.1 Å². The largest absolute Gasteiger partial charge is 0.480 e. The van der Waals surface area contributed by atoms with Crippen LogP contribution >= 0.6 is 0 Å². The number of hydrogen-bond donors (Lipinski definition) is 6. The third-order valence-corrected chi connectivity index (χ3v) is 5.26. The zero-order chi connectivity index (χ0) is 23.1. The third-order valence-electron chi connectivity index (χ3n) is 5.26. The number of nitrogens with one attached hydrogen (secondary N) is 3. The average molecular weight is 431 g/mol.